The summed E-state index contributed by atoms with van der Waals surface area (Å²) in [5.41, 5.74) is 6.94. The van der Waals surface area contributed by atoms with Crippen LogP contribution in [0, 0.1) is 0 Å². The number of nitrogens with two attached hydrogens (primary N) is 1. The van der Waals surface area contributed by atoms with E-state index in [0.29, 0.717) is 12.6 Å². The summed E-state index contributed by atoms with van der Waals surface area (Å²) in [6.07, 6.45) is 4.19. The van der Waals surface area contributed by atoms with Crippen LogP contribution in [0.1, 0.15) is 31.4 Å². The summed E-state index contributed by atoms with van der Waals surface area (Å²) >= 11 is 0. The highest BCUT2D eigenvalue weighted by atomic mass is 16.3. The number of aliphatic hydroxyl groups is 1. The van der Waals surface area contributed by atoms with Crippen molar-refractivity contribution in [1.29, 1.82) is 0 Å². The maximum absolute atomic E-state index is 9.06. The summed E-state index contributed by atoms with van der Waals surface area (Å²) in [5.74, 6) is 0.936. The Morgan fingerprint density at radius 3 is 2.94 bits per heavy atom. The van der Waals surface area contributed by atoms with Crippen LogP contribution in [0.2, 0.25) is 0 Å². The smallest absolute Gasteiger partial charge is 0.129 e. The van der Waals surface area contributed by atoms with Crippen LogP contribution in [0.3, 0.4) is 0 Å². The van der Waals surface area contributed by atoms with Gasteiger partial charge in [-0.3, -0.25) is 0 Å². The minimum Gasteiger partial charge on any atom is -0.395 e. The van der Waals surface area contributed by atoms with Gasteiger partial charge in [-0.1, -0.05) is 0 Å². The molecule has 88 valence electrons. The summed E-state index contributed by atoms with van der Waals surface area (Å²) in [6, 6.07) is 4.55. The second kappa shape index (κ2) is 4.80. The van der Waals surface area contributed by atoms with Gasteiger partial charge in [0.15, 0.2) is 0 Å². The van der Waals surface area contributed by atoms with Crippen LogP contribution in [-0.4, -0.2) is 29.3 Å². The Balaban J connectivity index is 2.19. The van der Waals surface area contributed by atoms with Crippen LogP contribution < -0.4 is 10.6 Å². The summed E-state index contributed by atoms with van der Waals surface area (Å²) in [7, 11) is 0. The van der Waals surface area contributed by atoms with Gasteiger partial charge in [-0.05, 0) is 37.5 Å². The van der Waals surface area contributed by atoms with Gasteiger partial charge in [0, 0.05) is 24.8 Å². The topological polar surface area (TPSA) is 62.4 Å². The lowest BCUT2D eigenvalue weighted by Gasteiger charge is -2.23. The second-order valence-electron chi connectivity index (χ2n) is 4.38. The fourth-order valence-electron chi connectivity index (χ4n) is 1.85. The molecular weight excluding hydrogens is 202 g/mol. The fourth-order valence-corrected chi connectivity index (χ4v) is 1.85. The molecule has 1 aliphatic rings. The number of nitrogens with zero attached hydrogens (tertiary/aromatic N) is 2. The molecule has 0 spiro atoms. The monoisotopic (exact) mass is 221 g/mol. The zero-order chi connectivity index (χ0) is 11.5. The molecule has 1 atom stereocenters. The third-order valence-electron chi connectivity index (χ3n) is 2.92. The first kappa shape index (κ1) is 11.4. The van der Waals surface area contributed by atoms with Gasteiger partial charge < -0.3 is 15.7 Å². The third-order valence-corrected chi connectivity index (χ3v) is 2.92. The Bertz CT molecular complexity index is 350. The van der Waals surface area contributed by atoms with E-state index in [2.05, 4.69) is 9.88 Å². The van der Waals surface area contributed by atoms with Crippen molar-refractivity contribution in [1.82, 2.24) is 4.98 Å². The Hall–Kier alpha value is -1.13. The molecule has 1 heterocycles. The van der Waals surface area contributed by atoms with E-state index in [4.69, 9.17) is 10.8 Å². The molecule has 1 fully saturated rings. The number of anilines is 1. The molecule has 4 nitrogen and oxygen atoms in total. The minimum absolute atomic E-state index is 0.0249. The average Bonchev–Trinajstić information content (AvgIpc) is 3.10. The molecule has 0 amide bonds. The molecule has 0 saturated heterocycles. The molecule has 2 rings (SSSR count). The zero-order valence-electron chi connectivity index (χ0n) is 9.63. The van der Waals surface area contributed by atoms with E-state index in [1.165, 1.54) is 12.8 Å². The molecule has 3 N–H and O–H groups in total. The van der Waals surface area contributed by atoms with Gasteiger partial charge in [0.05, 0.1) is 6.61 Å². The predicted molar refractivity (Wildman–Crippen MR) is 64.3 cm³/mol. The highest BCUT2D eigenvalue weighted by Crippen LogP contribution is 2.30. The molecule has 1 saturated carbocycles. The first-order chi connectivity index (χ1) is 7.72. The van der Waals surface area contributed by atoms with Crippen molar-refractivity contribution in [2.75, 3.05) is 18.1 Å². The second-order valence-corrected chi connectivity index (χ2v) is 4.38. The van der Waals surface area contributed by atoms with Crippen molar-refractivity contribution in [3.63, 3.8) is 0 Å². The summed E-state index contributed by atoms with van der Waals surface area (Å²) in [6.45, 7) is 2.78. The molecule has 4 heteroatoms. The van der Waals surface area contributed by atoms with E-state index in [1.54, 1.807) is 6.20 Å². The van der Waals surface area contributed by atoms with Gasteiger partial charge in [0.1, 0.15) is 5.82 Å². The summed E-state index contributed by atoms with van der Waals surface area (Å²) in [5, 5.41) is 9.06. The van der Waals surface area contributed by atoms with Crippen molar-refractivity contribution in [2.45, 2.75) is 31.8 Å². The number of aromatic nitrogens is 1. The number of pyridine rings is 1. The van der Waals surface area contributed by atoms with Crippen LogP contribution in [-0.2, 0) is 0 Å². The van der Waals surface area contributed by atoms with Crippen molar-refractivity contribution >= 4 is 5.82 Å². The van der Waals surface area contributed by atoms with Crippen LogP contribution in [0.15, 0.2) is 18.3 Å². The van der Waals surface area contributed by atoms with Crippen molar-refractivity contribution in [3.8, 4) is 0 Å². The number of rotatable bonds is 5. The Labute approximate surface area is 96.1 Å². The summed E-state index contributed by atoms with van der Waals surface area (Å²) in [4.78, 5) is 6.53. The van der Waals surface area contributed by atoms with Gasteiger partial charge >= 0.3 is 0 Å². The Morgan fingerprint density at radius 2 is 2.38 bits per heavy atom. The fraction of sp³-hybridized carbons (Fsp3) is 0.583. The van der Waals surface area contributed by atoms with Crippen LogP contribution in [0.5, 0.6) is 0 Å². The molecular formula is C12H19N3O. The molecule has 16 heavy (non-hydrogen) atoms. The van der Waals surface area contributed by atoms with E-state index in [-0.39, 0.29) is 12.6 Å². The lowest BCUT2D eigenvalue weighted by Crippen LogP contribution is -2.29. The van der Waals surface area contributed by atoms with Crippen molar-refractivity contribution < 1.29 is 5.11 Å². The van der Waals surface area contributed by atoms with Crippen molar-refractivity contribution in [2.24, 2.45) is 5.73 Å². The van der Waals surface area contributed by atoms with Crippen LogP contribution >= 0.6 is 0 Å². The molecule has 0 aliphatic heterocycles. The molecule has 0 unspecified atom stereocenters. The zero-order valence-corrected chi connectivity index (χ0v) is 9.63. The standard InChI is InChI=1S/C12H19N3O/c1-9(13)10-4-5-14-12(8-10)15(6-7-16)11-2-3-11/h4-5,8-9,11,16H,2-3,6-7,13H2,1H3/t9-/m0/s1. The lowest BCUT2D eigenvalue weighted by molar-refractivity contribution is 0.301. The van der Waals surface area contributed by atoms with E-state index in [0.717, 1.165) is 11.4 Å². The van der Waals surface area contributed by atoms with E-state index in [9.17, 15) is 0 Å². The predicted octanol–water partition coefficient (Wildman–Crippen LogP) is 1.06. The normalized spacial score (nSPS) is 17.2. The Morgan fingerprint density at radius 1 is 1.62 bits per heavy atom. The van der Waals surface area contributed by atoms with E-state index >= 15 is 0 Å². The molecule has 0 radical (unpaired) electrons. The van der Waals surface area contributed by atoms with Gasteiger partial charge in [-0.2, -0.15) is 0 Å². The third kappa shape index (κ3) is 2.51. The average molecular weight is 221 g/mol. The summed E-state index contributed by atoms with van der Waals surface area (Å²) < 4.78 is 0. The highest BCUT2D eigenvalue weighted by Gasteiger charge is 2.29. The van der Waals surface area contributed by atoms with Gasteiger partial charge in [0.25, 0.3) is 0 Å². The van der Waals surface area contributed by atoms with Gasteiger partial charge in [-0.25, -0.2) is 4.98 Å². The quantitative estimate of drug-likeness (QED) is 0.780. The van der Waals surface area contributed by atoms with Gasteiger partial charge in [0.2, 0.25) is 0 Å². The van der Waals surface area contributed by atoms with Crippen LogP contribution in [0.4, 0.5) is 5.82 Å². The first-order valence-corrected chi connectivity index (χ1v) is 5.81. The number of aliphatic hydroxyl groups excluding tert-OH is 1. The first-order valence-electron chi connectivity index (χ1n) is 5.81. The van der Waals surface area contributed by atoms with E-state index in [1.807, 2.05) is 19.1 Å². The molecule has 1 aromatic rings. The molecule has 1 aromatic heterocycles. The molecule has 0 aromatic carbocycles. The van der Waals surface area contributed by atoms with Gasteiger partial charge in [-0.15, -0.1) is 0 Å². The number of hydrogen-bond donors (Lipinski definition) is 2. The lowest BCUT2D eigenvalue weighted by atomic mass is 10.1. The maximum atomic E-state index is 9.06. The number of hydrogen-bond acceptors (Lipinski definition) is 4. The van der Waals surface area contributed by atoms with Crippen LogP contribution in [0.25, 0.3) is 0 Å². The van der Waals surface area contributed by atoms with Crippen molar-refractivity contribution in [3.05, 3.63) is 23.9 Å². The minimum atomic E-state index is 0.0249. The maximum Gasteiger partial charge on any atom is 0.129 e. The molecule has 0 bridgehead atoms. The van der Waals surface area contributed by atoms with E-state index < -0.39 is 0 Å². The SMILES string of the molecule is C[C@H](N)c1ccnc(N(CCO)C2CC2)c1. The largest absolute Gasteiger partial charge is 0.395 e. The molecule has 1 aliphatic carbocycles. The highest BCUT2D eigenvalue weighted by molar-refractivity contribution is 5.44. The Kier molecular flexibility index (Phi) is 3.41.